The normalized spacial score (nSPS) is 14.1. The molecule has 162 valence electrons. The number of Topliss-reactive ketones (excluding diaryl/α,β-unsaturated/α-hetero) is 1. The Bertz CT molecular complexity index is 665. The number of hydrogen-bond donors (Lipinski definition) is 3. The molecular formula is C13H22O13P2. The average molecular weight is 448 g/mol. The van der Waals surface area contributed by atoms with Gasteiger partial charge >= 0.3 is 27.6 Å². The van der Waals surface area contributed by atoms with Crippen molar-refractivity contribution in [3.8, 4) is 0 Å². The maximum atomic E-state index is 11.8. The van der Waals surface area contributed by atoms with Crippen molar-refractivity contribution in [2.45, 2.75) is 26.7 Å². The van der Waals surface area contributed by atoms with Crippen molar-refractivity contribution < 1.29 is 61.2 Å². The third-order valence-corrected chi connectivity index (χ3v) is 4.03. The van der Waals surface area contributed by atoms with E-state index in [4.69, 9.17) is 9.79 Å². The van der Waals surface area contributed by atoms with Crippen LogP contribution in [-0.2, 0) is 46.6 Å². The van der Waals surface area contributed by atoms with Gasteiger partial charge in [-0.3, -0.25) is 18.7 Å². The minimum Gasteiger partial charge on any atom is -0.460 e. The fraction of sp³-hybridized carbons (Fsp3) is 0.615. The molecule has 0 heterocycles. The lowest BCUT2D eigenvalue weighted by atomic mass is 10.3. The number of ketones is 1. The van der Waals surface area contributed by atoms with Gasteiger partial charge in [0.15, 0.2) is 0 Å². The fourth-order valence-corrected chi connectivity index (χ4v) is 2.50. The fourth-order valence-electron chi connectivity index (χ4n) is 1.35. The van der Waals surface area contributed by atoms with Crippen molar-refractivity contribution in [2.24, 2.45) is 0 Å². The number of carbonyl (C=O) groups excluding carboxylic acids is 3. The van der Waals surface area contributed by atoms with E-state index in [1.165, 1.54) is 13.8 Å². The van der Waals surface area contributed by atoms with Crippen molar-refractivity contribution in [3.05, 3.63) is 11.8 Å². The Labute approximate surface area is 160 Å². The predicted octanol–water partition coefficient (Wildman–Crippen LogP) is 0.589. The highest BCUT2D eigenvalue weighted by Crippen LogP contribution is 2.45. The van der Waals surface area contributed by atoms with E-state index in [1.807, 2.05) is 0 Å². The molecule has 15 heteroatoms. The lowest BCUT2D eigenvalue weighted by molar-refractivity contribution is -0.153. The molecule has 1 unspecified atom stereocenters. The van der Waals surface area contributed by atoms with Crippen LogP contribution in [0, 0.1) is 0 Å². The number of rotatable bonds is 14. The van der Waals surface area contributed by atoms with E-state index in [1.54, 1.807) is 0 Å². The van der Waals surface area contributed by atoms with Crippen LogP contribution in [0.2, 0.25) is 0 Å². The molecule has 0 saturated carbocycles. The zero-order valence-corrected chi connectivity index (χ0v) is 16.9. The van der Waals surface area contributed by atoms with Gasteiger partial charge in [0, 0.05) is 12.8 Å². The van der Waals surface area contributed by atoms with Gasteiger partial charge in [0.05, 0.1) is 19.8 Å². The van der Waals surface area contributed by atoms with Crippen LogP contribution in [0.5, 0.6) is 0 Å². The molecule has 0 spiro atoms. The maximum absolute atomic E-state index is 11.8. The molecule has 3 N–H and O–H groups in total. The number of allylic oxidation sites excluding steroid dienone is 1. The molecule has 0 amide bonds. The second-order valence-electron chi connectivity index (χ2n) is 4.77. The standard InChI is InChI=1S/C13H22O13P2/c1-3-10(14)12(15)22-6-5-7-25-28(20,21)26-11(4-2)13(16)23-8-9-24-27(17,18)19/h4H,3,5-9H2,1-2H3,(H,20,21)(H2,17,18,19). The Morgan fingerprint density at radius 3 is 2.04 bits per heavy atom. The third kappa shape index (κ3) is 12.7. The van der Waals surface area contributed by atoms with Crippen molar-refractivity contribution in [3.63, 3.8) is 0 Å². The van der Waals surface area contributed by atoms with Crippen LogP contribution in [-0.4, -0.2) is 58.8 Å². The summed E-state index contributed by atoms with van der Waals surface area (Å²) in [7, 11) is -9.42. The lowest BCUT2D eigenvalue weighted by Crippen LogP contribution is -2.17. The van der Waals surface area contributed by atoms with Gasteiger partial charge in [0.25, 0.3) is 0 Å². The summed E-state index contributed by atoms with van der Waals surface area (Å²) in [5.41, 5.74) is 0. The van der Waals surface area contributed by atoms with Crippen LogP contribution in [0.15, 0.2) is 11.8 Å². The van der Waals surface area contributed by atoms with E-state index in [0.29, 0.717) is 0 Å². The highest BCUT2D eigenvalue weighted by atomic mass is 31.2. The smallest absolute Gasteiger partial charge is 0.460 e. The molecule has 28 heavy (non-hydrogen) atoms. The number of phosphoric ester groups is 2. The van der Waals surface area contributed by atoms with Gasteiger partial charge in [-0.15, -0.1) is 0 Å². The van der Waals surface area contributed by atoms with Gasteiger partial charge < -0.3 is 23.8 Å². The van der Waals surface area contributed by atoms with E-state index in [0.717, 1.165) is 6.08 Å². The maximum Gasteiger partial charge on any atom is 0.527 e. The molecule has 0 aromatic heterocycles. The van der Waals surface area contributed by atoms with Gasteiger partial charge in [0.2, 0.25) is 11.5 Å². The second-order valence-corrected chi connectivity index (χ2v) is 7.39. The number of carbonyl (C=O) groups is 3. The van der Waals surface area contributed by atoms with Gasteiger partial charge in [-0.05, 0) is 13.0 Å². The Morgan fingerprint density at radius 1 is 0.893 bits per heavy atom. The first-order chi connectivity index (χ1) is 12.9. The van der Waals surface area contributed by atoms with Crippen LogP contribution in [0.4, 0.5) is 0 Å². The van der Waals surface area contributed by atoms with Crippen molar-refractivity contribution in [1.82, 2.24) is 0 Å². The number of phosphoric acid groups is 2. The molecule has 0 fully saturated rings. The van der Waals surface area contributed by atoms with Gasteiger partial charge in [-0.2, -0.15) is 0 Å². The Morgan fingerprint density at radius 2 is 1.50 bits per heavy atom. The van der Waals surface area contributed by atoms with E-state index in [9.17, 15) is 28.4 Å². The van der Waals surface area contributed by atoms with Gasteiger partial charge in [-0.1, -0.05) is 6.92 Å². The van der Waals surface area contributed by atoms with E-state index in [2.05, 4.69) is 23.0 Å². The first-order valence-electron chi connectivity index (χ1n) is 7.82. The second kappa shape index (κ2) is 12.8. The van der Waals surface area contributed by atoms with Crippen LogP contribution in [0.25, 0.3) is 0 Å². The molecule has 0 bridgehead atoms. The topological polar surface area (TPSA) is 192 Å². The summed E-state index contributed by atoms with van der Waals surface area (Å²) in [5.74, 6) is -3.60. The number of ether oxygens (including phenoxy) is 2. The van der Waals surface area contributed by atoms with Crippen LogP contribution >= 0.6 is 15.6 Å². The summed E-state index contributed by atoms with van der Waals surface area (Å²) in [4.78, 5) is 60.2. The summed E-state index contributed by atoms with van der Waals surface area (Å²) in [6.07, 6.45) is 0.977. The highest BCUT2D eigenvalue weighted by molar-refractivity contribution is 7.47. The third-order valence-electron chi connectivity index (χ3n) is 2.58. The first-order valence-corrected chi connectivity index (χ1v) is 10.8. The Hall–Kier alpha value is -1.59. The van der Waals surface area contributed by atoms with Crippen molar-refractivity contribution in [2.75, 3.05) is 26.4 Å². The van der Waals surface area contributed by atoms with E-state index >= 15 is 0 Å². The zero-order valence-electron chi connectivity index (χ0n) is 15.1. The average Bonchev–Trinajstić information content (AvgIpc) is 2.60. The monoisotopic (exact) mass is 448 g/mol. The minimum absolute atomic E-state index is 0.0112. The molecular weight excluding hydrogens is 426 g/mol. The molecule has 13 nitrogen and oxygen atoms in total. The molecule has 0 rings (SSSR count). The van der Waals surface area contributed by atoms with Crippen molar-refractivity contribution in [1.29, 1.82) is 0 Å². The molecule has 0 radical (unpaired) electrons. The molecule has 0 aromatic rings. The summed E-state index contributed by atoms with van der Waals surface area (Å²) < 4.78 is 44.6. The quantitative estimate of drug-likeness (QED) is 0.0836. The van der Waals surface area contributed by atoms with Crippen molar-refractivity contribution >= 4 is 33.4 Å². The molecule has 0 aliphatic heterocycles. The van der Waals surface area contributed by atoms with Gasteiger partial charge in [0.1, 0.15) is 6.61 Å². The summed E-state index contributed by atoms with van der Waals surface area (Å²) in [5, 5.41) is 0. The Balaban J connectivity index is 4.28. The number of hydrogen-bond acceptors (Lipinski definition) is 10. The largest absolute Gasteiger partial charge is 0.527 e. The lowest BCUT2D eigenvalue weighted by Gasteiger charge is -2.15. The van der Waals surface area contributed by atoms with Gasteiger partial charge in [-0.25, -0.2) is 18.7 Å². The van der Waals surface area contributed by atoms with Crippen LogP contribution in [0.3, 0.4) is 0 Å². The molecule has 0 aromatic carbocycles. The summed E-state index contributed by atoms with van der Waals surface area (Å²) >= 11 is 0. The number of esters is 2. The van der Waals surface area contributed by atoms with E-state index in [-0.39, 0.29) is 26.1 Å². The highest BCUT2D eigenvalue weighted by Gasteiger charge is 2.28. The predicted molar refractivity (Wildman–Crippen MR) is 90.4 cm³/mol. The molecule has 0 aliphatic carbocycles. The Kier molecular flexibility index (Phi) is 12.1. The van der Waals surface area contributed by atoms with E-state index < -0.39 is 52.3 Å². The molecule has 0 aliphatic rings. The molecule has 0 saturated heterocycles. The minimum atomic E-state index is -4.71. The summed E-state index contributed by atoms with van der Waals surface area (Å²) in [6.45, 7) is 1.00. The summed E-state index contributed by atoms with van der Waals surface area (Å²) in [6, 6.07) is 0. The molecule has 1 atom stereocenters. The van der Waals surface area contributed by atoms with Crippen LogP contribution in [0.1, 0.15) is 26.7 Å². The SMILES string of the molecule is CC=C(OP(=O)(O)OCCCOC(=O)C(=O)CC)C(=O)OCCOP(=O)(O)O. The first kappa shape index (κ1) is 26.4. The van der Waals surface area contributed by atoms with Crippen LogP contribution < -0.4 is 0 Å². The zero-order chi connectivity index (χ0) is 21.8.